The van der Waals surface area contributed by atoms with Crippen molar-refractivity contribution in [2.75, 3.05) is 26.2 Å². The first-order valence-electron chi connectivity index (χ1n) is 12.1. The minimum Gasteiger partial charge on any atom is -0.357 e. The van der Waals surface area contributed by atoms with Crippen LogP contribution < -0.4 is 10.6 Å². The Morgan fingerprint density at radius 1 is 1.16 bits per heavy atom. The van der Waals surface area contributed by atoms with E-state index in [1.807, 2.05) is 11.0 Å². The molecule has 0 radical (unpaired) electrons. The summed E-state index contributed by atoms with van der Waals surface area (Å²) in [5.41, 5.74) is 2.27. The highest BCUT2D eigenvalue weighted by Crippen LogP contribution is 2.28. The van der Waals surface area contributed by atoms with Crippen molar-refractivity contribution in [3.8, 4) is 0 Å². The predicted octanol–water partition coefficient (Wildman–Crippen LogP) is 3.14. The van der Waals surface area contributed by atoms with Gasteiger partial charge in [-0.2, -0.15) is 5.10 Å². The molecule has 2 heterocycles. The highest BCUT2D eigenvalue weighted by molar-refractivity contribution is 5.81. The average molecular weight is 437 g/mol. The quantitative estimate of drug-likeness (QED) is 0.468. The number of guanidine groups is 1. The maximum absolute atomic E-state index is 12.4. The molecule has 1 aromatic carbocycles. The van der Waals surface area contributed by atoms with Gasteiger partial charge in [-0.05, 0) is 37.8 Å². The van der Waals surface area contributed by atoms with Crippen molar-refractivity contribution in [2.45, 2.75) is 58.0 Å². The zero-order valence-electron chi connectivity index (χ0n) is 19.2. The molecule has 1 saturated carbocycles. The number of rotatable bonds is 9. The summed E-state index contributed by atoms with van der Waals surface area (Å²) < 4.78 is 2.12. The third kappa shape index (κ3) is 6.11. The lowest BCUT2D eigenvalue weighted by Gasteiger charge is -2.18. The smallest absolute Gasteiger partial charge is 0.223 e. The number of hydrogen-bond donors (Lipinski definition) is 2. The molecule has 2 aromatic rings. The Kier molecular flexibility index (Phi) is 7.80. The number of benzene rings is 1. The molecule has 32 heavy (non-hydrogen) atoms. The number of carbonyl (C=O) groups is 1. The van der Waals surface area contributed by atoms with Crippen LogP contribution in [-0.2, 0) is 17.8 Å². The Morgan fingerprint density at radius 3 is 2.75 bits per heavy atom. The molecule has 1 unspecified atom stereocenters. The molecule has 1 amide bonds. The monoisotopic (exact) mass is 436 g/mol. The van der Waals surface area contributed by atoms with Crippen LogP contribution in [0.4, 0.5) is 0 Å². The zero-order valence-corrected chi connectivity index (χ0v) is 19.2. The second-order valence-corrected chi connectivity index (χ2v) is 8.95. The second kappa shape index (κ2) is 11.2. The van der Waals surface area contributed by atoms with Crippen molar-refractivity contribution in [3.05, 3.63) is 53.9 Å². The fourth-order valence-electron chi connectivity index (χ4n) is 4.69. The lowest BCUT2D eigenvalue weighted by atomic mass is 10.1. The Balaban J connectivity index is 1.24. The molecule has 1 aliphatic heterocycles. The molecule has 1 atom stereocenters. The van der Waals surface area contributed by atoms with Crippen molar-refractivity contribution in [1.82, 2.24) is 25.3 Å². The number of nitrogens with zero attached hydrogens (tertiary/aromatic N) is 4. The zero-order chi connectivity index (χ0) is 22.2. The van der Waals surface area contributed by atoms with Gasteiger partial charge in [0.15, 0.2) is 5.96 Å². The van der Waals surface area contributed by atoms with E-state index >= 15 is 0 Å². The molecule has 4 rings (SSSR count). The van der Waals surface area contributed by atoms with Crippen molar-refractivity contribution in [1.29, 1.82) is 0 Å². The normalized spacial score (nSPS) is 19.7. The van der Waals surface area contributed by atoms with Crippen LogP contribution in [-0.4, -0.2) is 52.7 Å². The van der Waals surface area contributed by atoms with Gasteiger partial charge < -0.3 is 15.5 Å². The van der Waals surface area contributed by atoms with Gasteiger partial charge in [0.05, 0.1) is 18.3 Å². The summed E-state index contributed by atoms with van der Waals surface area (Å²) in [7, 11) is 0. The van der Waals surface area contributed by atoms with Gasteiger partial charge in [-0.15, -0.1) is 0 Å². The number of likely N-dealkylation sites (tertiary alicyclic amines) is 1. The number of hydrogen-bond acceptors (Lipinski definition) is 3. The minimum atomic E-state index is 0.257. The number of amides is 1. The molecule has 0 spiro atoms. The molecule has 1 aliphatic carbocycles. The maximum Gasteiger partial charge on any atom is 0.223 e. The molecule has 7 nitrogen and oxygen atoms in total. The molecule has 1 aromatic heterocycles. The van der Waals surface area contributed by atoms with Crippen LogP contribution in [0.25, 0.3) is 0 Å². The van der Waals surface area contributed by atoms with E-state index < -0.39 is 0 Å². The molecular weight excluding hydrogens is 400 g/mol. The molecule has 172 valence electrons. The van der Waals surface area contributed by atoms with Crippen molar-refractivity contribution in [3.63, 3.8) is 0 Å². The number of nitrogens with one attached hydrogen (secondary N) is 2. The van der Waals surface area contributed by atoms with E-state index in [9.17, 15) is 4.79 Å². The summed E-state index contributed by atoms with van der Waals surface area (Å²) in [6, 6.07) is 13.0. The summed E-state index contributed by atoms with van der Waals surface area (Å²) >= 11 is 0. The highest BCUT2D eigenvalue weighted by atomic mass is 16.2. The molecule has 0 bridgehead atoms. The van der Waals surface area contributed by atoms with E-state index in [1.165, 1.54) is 31.2 Å². The molecule has 2 aliphatic rings. The van der Waals surface area contributed by atoms with Crippen molar-refractivity contribution < 1.29 is 4.79 Å². The number of aliphatic imine (C=N–C) groups is 1. The molecule has 1 saturated heterocycles. The van der Waals surface area contributed by atoms with Gasteiger partial charge in [0, 0.05) is 44.7 Å². The minimum absolute atomic E-state index is 0.257. The van der Waals surface area contributed by atoms with Gasteiger partial charge in [-0.25, -0.2) is 4.99 Å². The lowest BCUT2D eigenvalue weighted by Crippen LogP contribution is -2.40. The van der Waals surface area contributed by atoms with Crippen LogP contribution in [0.5, 0.6) is 0 Å². The molecule has 7 heteroatoms. The van der Waals surface area contributed by atoms with Crippen LogP contribution in [0.2, 0.25) is 0 Å². The molecule has 2 fully saturated rings. The Morgan fingerprint density at radius 2 is 1.97 bits per heavy atom. The first kappa shape index (κ1) is 22.4. The van der Waals surface area contributed by atoms with Gasteiger partial charge in [-0.1, -0.05) is 43.2 Å². The largest absolute Gasteiger partial charge is 0.357 e. The topological polar surface area (TPSA) is 74.5 Å². The Bertz CT molecular complexity index is 887. The van der Waals surface area contributed by atoms with Crippen LogP contribution in [0.15, 0.2) is 47.6 Å². The Hall–Kier alpha value is -2.83. The number of aromatic nitrogens is 2. The number of carbonyl (C=O) groups excluding carboxylic acids is 1. The average Bonchev–Trinajstić information content (AvgIpc) is 3.56. The Labute approximate surface area is 191 Å². The first-order valence-corrected chi connectivity index (χ1v) is 12.1. The molecular formula is C25H36N6O. The third-order valence-corrected chi connectivity index (χ3v) is 6.47. The van der Waals surface area contributed by atoms with Gasteiger partial charge >= 0.3 is 0 Å². The summed E-state index contributed by atoms with van der Waals surface area (Å²) in [5.74, 6) is 1.36. The maximum atomic E-state index is 12.4. The third-order valence-electron chi connectivity index (χ3n) is 6.47. The fourth-order valence-corrected chi connectivity index (χ4v) is 4.69. The summed E-state index contributed by atoms with van der Waals surface area (Å²) in [6.45, 7) is 5.77. The van der Waals surface area contributed by atoms with Crippen LogP contribution in [0, 0.1) is 5.92 Å². The standard InChI is InChI=1S/C25H36N6O/c1-2-26-25(28-18-22-13-15-31(29-22)23-10-6-7-11-23)27-17-21-16-24(32)30(19-21)14-12-20-8-4-3-5-9-20/h3-5,8-9,13,15,21,23H,2,6-7,10-12,14,16-19H2,1H3,(H2,26,27,28). The van der Waals surface area contributed by atoms with E-state index in [1.54, 1.807) is 0 Å². The van der Waals surface area contributed by atoms with Crippen molar-refractivity contribution in [2.24, 2.45) is 10.9 Å². The second-order valence-electron chi connectivity index (χ2n) is 8.95. The van der Waals surface area contributed by atoms with Gasteiger partial charge in [0.2, 0.25) is 5.91 Å². The highest BCUT2D eigenvalue weighted by Gasteiger charge is 2.29. The van der Waals surface area contributed by atoms with E-state index in [0.29, 0.717) is 24.9 Å². The SMILES string of the molecule is CCNC(=NCc1ccn(C2CCCC2)n1)NCC1CC(=O)N(CCc2ccccc2)C1. The van der Waals surface area contributed by atoms with E-state index in [-0.39, 0.29) is 5.91 Å². The summed E-state index contributed by atoms with van der Waals surface area (Å²) in [5, 5.41) is 11.5. The molecule has 2 N–H and O–H groups in total. The van der Waals surface area contributed by atoms with Gasteiger partial charge in [0.1, 0.15) is 0 Å². The van der Waals surface area contributed by atoms with Gasteiger partial charge in [-0.3, -0.25) is 9.48 Å². The lowest BCUT2D eigenvalue weighted by molar-refractivity contribution is -0.127. The predicted molar refractivity (Wildman–Crippen MR) is 127 cm³/mol. The van der Waals surface area contributed by atoms with E-state index in [0.717, 1.165) is 44.3 Å². The van der Waals surface area contributed by atoms with E-state index in [2.05, 4.69) is 58.8 Å². The van der Waals surface area contributed by atoms with Crippen LogP contribution in [0.3, 0.4) is 0 Å². The van der Waals surface area contributed by atoms with Gasteiger partial charge in [0.25, 0.3) is 0 Å². The first-order chi connectivity index (χ1) is 15.7. The van der Waals surface area contributed by atoms with Crippen molar-refractivity contribution >= 4 is 11.9 Å². The summed E-state index contributed by atoms with van der Waals surface area (Å²) in [4.78, 5) is 19.2. The van der Waals surface area contributed by atoms with Crippen LogP contribution >= 0.6 is 0 Å². The van der Waals surface area contributed by atoms with E-state index in [4.69, 9.17) is 10.1 Å². The fraction of sp³-hybridized carbons (Fsp3) is 0.560. The van der Waals surface area contributed by atoms with Crippen LogP contribution in [0.1, 0.15) is 56.3 Å². The summed E-state index contributed by atoms with van der Waals surface area (Å²) in [6.07, 6.45) is 8.68.